The molecule has 0 fully saturated rings. The van der Waals surface area contributed by atoms with Crippen molar-refractivity contribution >= 4 is 16.0 Å². The Morgan fingerprint density at radius 3 is 2.38 bits per heavy atom. The van der Waals surface area contributed by atoms with Gasteiger partial charge in [0.05, 0.1) is 4.90 Å². The average molecular weight is 317 g/mol. The Morgan fingerprint density at radius 1 is 1.33 bits per heavy atom. The predicted octanol–water partition coefficient (Wildman–Crippen LogP) is 0.696. The number of aromatic hydroxyl groups is 1. The van der Waals surface area contributed by atoms with E-state index in [1.165, 1.54) is 6.92 Å². The summed E-state index contributed by atoms with van der Waals surface area (Å²) in [5, 5.41) is 27.6. The van der Waals surface area contributed by atoms with Gasteiger partial charge in [0.15, 0.2) is 0 Å². The highest BCUT2D eigenvalue weighted by Crippen LogP contribution is 2.26. The van der Waals surface area contributed by atoms with E-state index < -0.39 is 32.7 Å². The molecule has 0 spiro atoms. The van der Waals surface area contributed by atoms with E-state index in [4.69, 9.17) is 10.2 Å². The van der Waals surface area contributed by atoms with Crippen LogP contribution in [0.15, 0.2) is 17.0 Å². The van der Waals surface area contributed by atoms with Crippen molar-refractivity contribution in [3.05, 3.63) is 23.3 Å². The minimum atomic E-state index is -3.94. The second kappa shape index (κ2) is 6.00. The van der Waals surface area contributed by atoms with Gasteiger partial charge in [-0.2, -0.15) is 0 Å². The number of nitrogens with one attached hydrogen (secondary N) is 1. The fourth-order valence-electron chi connectivity index (χ4n) is 1.56. The minimum Gasteiger partial charge on any atom is -0.507 e. The molecule has 0 aliphatic heterocycles. The molecule has 0 bridgehead atoms. The van der Waals surface area contributed by atoms with E-state index in [0.717, 1.165) is 12.1 Å². The number of sulfonamides is 1. The smallest absolute Gasteiger partial charge is 0.339 e. The second-order valence-corrected chi connectivity index (χ2v) is 7.32. The summed E-state index contributed by atoms with van der Waals surface area (Å²) in [5.41, 5.74) is -0.901. The van der Waals surface area contributed by atoms with Crippen LogP contribution in [0.4, 0.5) is 0 Å². The van der Waals surface area contributed by atoms with Crippen LogP contribution in [0.3, 0.4) is 0 Å². The van der Waals surface area contributed by atoms with Gasteiger partial charge in [0.2, 0.25) is 10.0 Å². The molecule has 0 radical (unpaired) electrons. The lowest BCUT2D eigenvalue weighted by atomic mass is 9.96. The highest BCUT2D eigenvalue weighted by atomic mass is 32.2. The van der Waals surface area contributed by atoms with E-state index in [9.17, 15) is 18.3 Å². The molecule has 0 saturated heterocycles. The molecular weight excluding hydrogens is 298 g/mol. The quantitative estimate of drug-likeness (QED) is 0.612. The predicted molar refractivity (Wildman–Crippen MR) is 75.9 cm³/mol. The summed E-state index contributed by atoms with van der Waals surface area (Å²) < 4.78 is 26.8. The number of aliphatic hydroxyl groups excluding tert-OH is 1. The first-order valence-electron chi connectivity index (χ1n) is 6.17. The molecule has 0 amide bonds. The Balaban J connectivity index is 3.20. The maximum absolute atomic E-state index is 12.2. The van der Waals surface area contributed by atoms with Gasteiger partial charge in [-0.15, -0.1) is 0 Å². The zero-order chi connectivity index (χ0) is 16.4. The van der Waals surface area contributed by atoms with E-state index in [0.29, 0.717) is 0 Å². The Hall–Kier alpha value is -1.64. The first-order valence-corrected chi connectivity index (χ1v) is 7.66. The van der Waals surface area contributed by atoms with Crippen molar-refractivity contribution in [2.75, 3.05) is 13.2 Å². The van der Waals surface area contributed by atoms with Crippen LogP contribution < -0.4 is 4.72 Å². The molecule has 0 aliphatic rings. The minimum absolute atomic E-state index is 0.00540. The van der Waals surface area contributed by atoms with Gasteiger partial charge in [-0.3, -0.25) is 0 Å². The molecule has 1 aromatic rings. The Bertz CT molecular complexity index is 651. The van der Waals surface area contributed by atoms with Gasteiger partial charge in [-0.05, 0) is 24.6 Å². The zero-order valence-electron chi connectivity index (χ0n) is 12.0. The maximum atomic E-state index is 12.2. The second-order valence-electron chi connectivity index (χ2n) is 5.59. The van der Waals surface area contributed by atoms with Crippen molar-refractivity contribution < 1.29 is 28.5 Å². The first kappa shape index (κ1) is 17.4. The van der Waals surface area contributed by atoms with Crippen LogP contribution in [0.1, 0.15) is 29.8 Å². The maximum Gasteiger partial charge on any atom is 0.339 e. The SMILES string of the molecule is Cc1cc(O)c(C(=O)O)cc1S(=O)(=O)NCC(C)(C)CO. The monoisotopic (exact) mass is 317 g/mol. The number of phenols is 1. The van der Waals surface area contributed by atoms with Gasteiger partial charge in [0.25, 0.3) is 0 Å². The fourth-order valence-corrected chi connectivity index (χ4v) is 3.05. The summed E-state index contributed by atoms with van der Waals surface area (Å²) in [6.07, 6.45) is 0. The van der Waals surface area contributed by atoms with E-state index in [-0.39, 0.29) is 23.6 Å². The molecule has 0 aliphatic carbocycles. The molecule has 8 heteroatoms. The number of hydrogen-bond acceptors (Lipinski definition) is 5. The van der Waals surface area contributed by atoms with Gasteiger partial charge >= 0.3 is 5.97 Å². The van der Waals surface area contributed by atoms with Gasteiger partial charge < -0.3 is 15.3 Å². The first-order chi connectivity index (χ1) is 9.50. The van der Waals surface area contributed by atoms with E-state index >= 15 is 0 Å². The van der Waals surface area contributed by atoms with Crippen LogP contribution >= 0.6 is 0 Å². The normalized spacial score (nSPS) is 12.4. The molecular formula is C13H19NO6S. The highest BCUT2D eigenvalue weighted by Gasteiger charge is 2.25. The number of aromatic carboxylic acids is 1. The van der Waals surface area contributed by atoms with Crippen molar-refractivity contribution in [3.63, 3.8) is 0 Å². The number of aryl methyl sites for hydroxylation is 1. The number of hydrogen-bond donors (Lipinski definition) is 4. The van der Waals surface area contributed by atoms with Crippen molar-refractivity contribution in [1.82, 2.24) is 4.72 Å². The molecule has 1 rings (SSSR count). The number of rotatable bonds is 6. The Morgan fingerprint density at radius 2 is 1.90 bits per heavy atom. The number of aliphatic hydroxyl groups is 1. The lowest BCUT2D eigenvalue weighted by molar-refractivity contribution is 0.0693. The summed E-state index contributed by atoms with van der Waals surface area (Å²) in [7, 11) is -3.94. The van der Waals surface area contributed by atoms with Crippen LogP contribution in [-0.4, -0.2) is 42.9 Å². The van der Waals surface area contributed by atoms with Crippen LogP contribution in [-0.2, 0) is 10.0 Å². The third kappa shape index (κ3) is 4.16. The van der Waals surface area contributed by atoms with Crippen LogP contribution in [0.2, 0.25) is 0 Å². The standard InChI is InChI=1S/C13H19NO6S/c1-8-4-10(16)9(12(17)18)5-11(8)21(19,20)14-6-13(2,3)7-15/h4-5,14-16H,6-7H2,1-3H3,(H,17,18). The number of carboxylic acid groups (broad SMARTS) is 1. The molecule has 0 atom stereocenters. The average Bonchev–Trinajstić information content (AvgIpc) is 2.36. The number of carbonyl (C=O) groups is 1. The summed E-state index contributed by atoms with van der Waals surface area (Å²) in [4.78, 5) is 10.8. The molecule has 0 aromatic heterocycles. The summed E-state index contributed by atoms with van der Waals surface area (Å²) in [6, 6.07) is 2.01. The Kier molecular flexibility index (Phi) is 4.98. The van der Waals surface area contributed by atoms with Gasteiger partial charge in [-0.1, -0.05) is 13.8 Å². The molecule has 4 N–H and O–H groups in total. The third-order valence-corrected chi connectivity index (χ3v) is 4.53. The van der Waals surface area contributed by atoms with Crippen LogP contribution in [0.5, 0.6) is 5.75 Å². The van der Waals surface area contributed by atoms with Gasteiger partial charge in [-0.25, -0.2) is 17.9 Å². The topological polar surface area (TPSA) is 124 Å². The van der Waals surface area contributed by atoms with Crippen molar-refractivity contribution in [1.29, 1.82) is 0 Å². The number of carboxylic acids is 1. The Labute approximate surface area is 123 Å². The number of benzene rings is 1. The van der Waals surface area contributed by atoms with Crippen molar-refractivity contribution in [3.8, 4) is 5.75 Å². The fraction of sp³-hybridized carbons (Fsp3) is 0.462. The highest BCUT2D eigenvalue weighted by molar-refractivity contribution is 7.89. The largest absolute Gasteiger partial charge is 0.507 e. The van der Waals surface area contributed by atoms with Crippen LogP contribution in [0.25, 0.3) is 0 Å². The van der Waals surface area contributed by atoms with E-state index in [1.807, 2.05) is 0 Å². The van der Waals surface area contributed by atoms with E-state index in [1.54, 1.807) is 13.8 Å². The molecule has 0 unspecified atom stereocenters. The zero-order valence-corrected chi connectivity index (χ0v) is 12.9. The van der Waals surface area contributed by atoms with E-state index in [2.05, 4.69) is 4.72 Å². The lowest BCUT2D eigenvalue weighted by Gasteiger charge is -2.22. The van der Waals surface area contributed by atoms with Gasteiger partial charge in [0.1, 0.15) is 11.3 Å². The lowest BCUT2D eigenvalue weighted by Crippen LogP contribution is -2.36. The third-order valence-electron chi connectivity index (χ3n) is 2.98. The molecule has 0 heterocycles. The molecule has 118 valence electrons. The molecule has 7 nitrogen and oxygen atoms in total. The summed E-state index contributed by atoms with van der Waals surface area (Å²) >= 11 is 0. The van der Waals surface area contributed by atoms with Crippen molar-refractivity contribution in [2.45, 2.75) is 25.7 Å². The van der Waals surface area contributed by atoms with Gasteiger partial charge in [0, 0.05) is 18.6 Å². The molecule has 1 aromatic carbocycles. The summed E-state index contributed by atoms with van der Waals surface area (Å²) in [6.45, 7) is 4.61. The molecule has 0 saturated carbocycles. The molecule has 21 heavy (non-hydrogen) atoms. The van der Waals surface area contributed by atoms with Crippen LogP contribution in [0, 0.1) is 12.3 Å². The van der Waals surface area contributed by atoms with Crippen molar-refractivity contribution in [2.24, 2.45) is 5.41 Å². The summed E-state index contributed by atoms with van der Waals surface area (Å²) in [5.74, 6) is -1.91.